The number of carbonyl (C=O) groups is 1. The van der Waals surface area contributed by atoms with Gasteiger partial charge in [0.2, 0.25) is 0 Å². The topological polar surface area (TPSA) is 72.7 Å². The zero-order valence-electron chi connectivity index (χ0n) is 12.8. The molecule has 0 unspecified atom stereocenters. The lowest BCUT2D eigenvalue weighted by Gasteiger charge is -2.07. The normalized spacial score (nSPS) is 11.0. The molecule has 0 aliphatic rings. The van der Waals surface area contributed by atoms with Crippen LogP contribution in [0.4, 0.5) is 14.5 Å². The van der Waals surface area contributed by atoms with Gasteiger partial charge in [-0.3, -0.25) is 9.36 Å². The van der Waals surface area contributed by atoms with Crippen LogP contribution in [0.25, 0.3) is 5.82 Å². The highest BCUT2D eigenvalue weighted by atomic mass is 32.1. The average Bonchev–Trinajstić information content (AvgIpc) is 3.17. The number of nitrogens with one attached hydrogen (secondary N) is 1. The maximum Gasteiger partial charge on any atom is 0.289 e. The summed E-state index contributed by atoms with van der Waals surface area (Å²) in [5, 5.41) is 3.51. The molecule has 0 spiro atoms. The maximum atomic E-state index is 12.5. The van der Waals surface area contributed by atoms with Crippen molar-refractivity contribution in [1.29, 1.82) is 0 Å². The van der Waals surface area contributed by atoms with Crippen LogP contribution in [0.5, 0.6) is 0 Å². The first-order valence-corrected chi connectivity index (χ1v) is 7.85. The van der Waals surface area contributed by atoms with E-state index in [9.17, 15) is 13.6 Å². The fourth-order valence-corrected chi connectivity index (χ4v) is 2.67. The first-order chi connectivity index (χ1) is 11.5. The van der Waals surface area contributed by atoms with Crippen molar-refractivity contribution < 1.29 is 13.6 Å². The van der Waals surface area contributed by atoms with Gasteiger partial charge in [-0.25, -0.2) is 23.7 Å². The van der Waals surface area contributed by atoms with Gasteiger partial charge in [-0.2, -0.15) is 0 Å². The van der Waals surface area contributed by atoms with E-state index in [0.717, 1.165) is 22.7 Å². The number of hydrogen-bond donors (Lipinski definition) is 1. The number of alkyl halides is 2. The summed E-state index contributed by atoms with van der Waals surface area (Å²) in [6.45, 7) is 3.84. The summed E-state index contributed by atoms with van der Waals surface area (Å²) in [6.07, 6.45) is 0.480. The molecular weight excluding hydrogens is 336 g/mol. The van der Waals surface area contributed by atoms with E-state index < -0.39 is 12.3 Å². The summed E-state index contributed by atoms with van der Waals surface area (Å²) in [5.41, 5.74) is 2.29. The molecular formula is C15H13F2N5OS. The lowest BCUT2D eigenvalue weighted by atomic mass is 10.3. The predicted octanol–water partition coefficient (Wildman–Crippen LogP) is 3.53. The van der Waals surface area contributed by atoms with Gasteiger partial charge >= 0.3 is 0 Å². The van der Waals surface area contributed by atoms with Crippen molar-refractivity contribution >= 4 is 22.9 Å². The Morgan fingerprint density at radius 2 is 2.08 bits per heavy atom. The van der Waals surface area contributed by atoms with E-state index in [0.29, 0.717) is 11.5 Å². The van der Waals surface area contributed by atoms with E-state index in [-0.39, 0.29) is 10.7 Å². The Balaban J connectivity index is 1.74. The highest BCUT2D eigenvalue weighted by molar-refractivity contribution is 7.09. The first-order valence-electron chi connectivity index (χ1n) is 6.97. The summed E-state index contributed by atoms with van der Waals surface area (Å²) < 4.78 is 26.8. The van der Waals surface area contributed by atoms with Crippen molar-refractivity contribution in [2.75, 3.05) is 5.32 Å². The lowest BCUT2D eigenvalue weighted by Crippen LogP contribution is -2.13. The first kappa shape index (κ1) is 16.2. The van der Waals surface area contributed by atoms with Crippen molar-refractivity contribution in [3.05, 3.63) is 52.1 Å². The van der Waals surface area contributed by atoms with Gasteiger partial charge in [0.05, 0.1) is 17.6 Å². The Labute approximate surface area is 140 Å². The maximum absolute atomic E-state index is 12.5. The van der Waals surface area contributed by atoms with E-state index in [1.165, 1.54) is 11.6 Å². The highest BCUT2D eigenvalue weighted by Gasteiger charge is 2.16. The SMILES string of the molecule is Cc1ncn(-c2ccc(NC(=O)c3csc(C(F)F)n3)cn2)c1C. The average molecular weight is 349 g/mol. The fraction of sp³-hybridized carbons (Fsp3) is 0.200. The number of carbonyl (C=O) groups excluding carboxylic acids is 1. The van der Waals surface area contributed by atoms with Crippen molar-refractivity contribution in [1.82, 2.24) is 19.5 Å². The number of pyridine rings is 1. The summed E-state index contributed by atoms with van der Waals surface area (Å²) in [6, 6.07) is 3.41. The van der Waals surface area contributed by atoms with Crippen LogP contribution in [0.15, 0.2) is 30.0 Å². The standard InChI is InChI=1S/C15H13F2N5OS/c1-8-9(2)22(7-19-8)12-4-3-10(5-18-12)20-14(23)11-6-24-15(21-11)13(16)17/h3-7,13H,1-2H3,(H,20,23). The molecule has 0 saturated carbocycles. The van der Waals surface area contributed by atoms with Crippen LogP contribution in [0, 0.1) is 13.8 Å². The number of anilines is 1. The number of hydrogen-bond acceptors (Lipinski definition) is 5. The van der Waals surface area contributed by atoms with Gasteiger partial charge in [0.25, 0.3) is 12.3 Å². The van der Waals surface area contributed by atoms with Gasteiger partial charge in [0.1, 0.15) is 17.8 Å². The summed E-state index contributed by atoms with van der Waals surface area (Å²) in [7, 11) is 0. The summed E-state index contributed by atoms with van der Waals surface area (Å²) >= 11 is 0.752. The zero-order valence-corrected chi connectivity index (χ0v) is 13.6. The number of amides is 1. The molecule has 1 N–H and O–H groups in total. The Kier molecular flexibility index (Phi) is 4.34. The van der Waals surface area contributed by atoms with Crippen LogP contribution >= 0.6 is 11.3 Å². The quantitative estimate of drug-likeness (QED) is 0.782. The minimum atomic E-state index is -2.68. The van der Waals surface area contributed by atoms with Gasteiger partial charge < -0.3 is 5.32 Å². The largest absolute Gasteiger partial charge is 0.319 e. The predicted molar refractivity (Wildman–Crippen MR) is 85.9 cm³/mol. The van der Waals surface area contributed by atoms with Crippen molar-refractivity contribution in [3.8, 4) is 5.82 Å². The van der Waals surface area contributed by atoms with E-state index in [1.54, 1.807) is 18.5 Å². The number of halogens is 2. The number of nitrogens with zero attached hydrogens (tertiary/aromatic N) is 4. The van der Waals surface area contributed by atoms with Crippen LogP contribution < -0.4 is 5.32 Å². The van der Waals surface area contributed by atoms with E-state index >= 15 is 0 Å². The molecule has 6 nitrogen and oxygen atoms in total. The number of aromatic nitrogens is 4. The van der Waals surface area contributed by atoms with Crippen molar-refractivity contribution in [2.24, 2.45) is 0 Å². The van der Waals surface area contributed by atoms with Gasteiger partial charge in [-0.15, -0.1) is 11.3 Å². The monoisotopic (exact) mass is 349 g/mol. The Hall–Kier alpha value is -2.68. The molecule has 3 aromatic heterocycles. The molecule has 1 amide bonds. The number of thiazole rings is 1. The summed E-state index contributed by atoms with van der Waals surface area (Å²) in [5.74, 6) is 0.113. The Morgan fingerprint density at radius 1 is 1.29 bits per heavy atom. The van der Waals surface area contributed by atoms with Crippen LogP contribution in [-0.4, -0.2) is 25.4 Å². The zero-order chi connectivity index (χ0) is 17.3. The Bertz CT molecular complexity index is 872. The molecule has 0 saturated heterocycles. The molecule has 0 atom stereocenters. The molecule has 3 aromatic rings. The number of imidazole rings is 1. The molecule has 0 fully saturated rings. The van der Waals surface area contributed by atoms with Gasteiger partial charge in [0, 0.05) is 11.1 Å². The van der Waals surface area contributed by atoms with Gasteiger partial charge in [0.15, 0.2) is 5.01 Å². The molecule has 3 rings (SSSR count). The molecule has 0 aliphatic carbocycles. The molecule has 24 heavy (non-hydrogen) atoms. The van der Waals surface area contributed by atoms with E-state index in [4.69, 9.17) is 0 Å². The van der Waals surface area contributed by atoms with Crippen LogP contribution in [0.1, 0.15) is 33.3 Å². The second kappa shape index (κ2) is 6.44. The summed E-state index contributed by atoms with van der Waals surface area (Å²) in [4.78, 5) is 24.1. The third-order valence-corrected chi connectivity index (χ3v) is 4.30. The number of aryl methyl sites for hydroxylation is 1. The van der Waals surface area contributed by atoms with E-state index in [2.05, 4.69) is 20.3 Å². The van der Waals surface area contributed by atoms with Crippen LogP contribution in [-0.2, 0) is 0 Å². The second-order valence-electron chi connectivity index (χ2n) is 5.02. The molecule has 0 aromatic carbocycles. The van der Waals surface area contributed by atoms with Gasteiger partial charge in [-0.1, -0.05) is 0 Å². The molecule has 0 radical (unpaired) electrons. The van der Waals surface area contributed by atoms with E-state index in [1.807, 2.05) is 18.4 Å². The fourth-order valence-electron chi connectivity index (χ4n) is 2.02. The van der Waals surface area contributed by atoms with Crippen LogP contribution in [0.2, 0.25) is 0 Å². The molecule has 9 heteroatoms. The third-order valence-electron chi connectivity index (χ3n) is 3.45. The van der Waals surface area contributed by atoms with Crippen LogP contribution in [0.3, 0.4) is 0 Å². The minimum Gasteiger partial charge on any atom is -0.319 e. The molecule has 0 bridgehead atoms. The number of rotatable bonds is 4. The smallest absolute Gasteiger partial charge is 0.289 e. The van der Waals surface area contributed by atoms with Crippen molar-refractivity contribution in [2.45, 2.75) is 20.3 Å². The molecule has 0 aliphatic heterocycles. The third kappa shape index (κ3) is 3.16. The van der Waals surface area contributed by atoms with Gasteiger partial charge in [-0.05, 0) is 26.0 Å². The Morgan fingerprint density at radius 3 is 2.62 bits per heavy atom. The van der Waals surface area contributed by atoms with Crippen molar-refractivity contribution in [3.63, 3.8) is 0 Å². The minimum absolute atomic E-state index is 0.0412. The highest BCUT2D eigenvalue weighted by Crippen LogP contribution is 2.23. The second-order valence-corrected chi connectivity index (χ2v) is 5.91. The lowest BCUT2D eigenvalue weighted by molar-refractivity contribution is 0.102. The molecule has 124 valence electrons. The molecule has 3 heterocycles.